The molecule has 2 saturated heterocycles. The molecule has 7 nitrogen and oxygen atoms in total. The van der Waals surface area contributed by atoms with Crippen LogP contribution in [0.4, 0.5) is 0 Å². The number of halogens is 1. The lowest BCUT2D eigenvalue weighted by atomic mass is 10.2. The lowest BCUT2D eigenvalue weighted by Crippen LogP contribution is -2.39. The molecule has 0 radical (unpaired) electrons. The van der Waals surface area contributed by atoms with Gasteiger partial charge in [-0.25, -0.2) is 8.42 Å². The number of aliphatic imine (C=N–C) groups is 1. The molecule has 32 heavy (non-hydrogen) atoms. The lowest BCUT2D eigenvalue weighted by molar-refractivity contribution is 0.282. The summed E-state index contributed by atoms with van der Waals surface area (Å²) in [5, 5.41) is 6.66. The summed E-state index contributed by atoms with van der Waals surface area (Å²) in [6, 6.07) is 7.30. The first kappa shape index (κ1) is 27.3. The molecule has 0 spiro atoms. The number of piperidine rings is 1. The number of nitrogens with zero attached hydrogens (tertiary/aromatic N) is 3. The fourth-order valence-corrected chi connectivity index (χ4v) is 6.15. The Bertz CT molecular complexity index is 804. The summed E-state index contributed by atoms with van der Waals surface area (Å²) in [5.74, 6) is 0.709. The quantitative estimate of drug-likeness (QED) is 0.215. The van der Waals surface area contributed by atoms with E-state index >= 15 is 0 Å². The second-order valence-corrected chi connectivity index (χ2v) is 10.4. The zero-order chi connectivity index (χ0) is 21.9. The van der Waals surface area contributed by atoms with Crippen LogP contribution in [-0.4, -0.2) is 69.9 Å². The average molecular weight is 578 g/mol. The minimum atomic E-state index is -3.46. The molecule has 0 saturated carbocycles. The number of likely N-dealkylation sites (tertiary alicyclic amines) is 1. The minimum absolute atomic E-state index is 0. The van der Waals surface area contributed by atoms with E-state index in [1.165, 1.54) is 38.8 Å². The summed E-state index contributed by atoms with van der Waals surface area (Å²) in [5.41, 5.74) is 0.778. The second kappa shape index (κ2) is 14.4. The highest BCUT2D eigenvalue weighted by Crippen LogP contribution is 2.23. The van der Waals surface area contributed by atoms with Crippen molar-refractivity contribution in [3.05, 3.63) is 29.8 Å². The first-order valence-corrected chi connectivity index (χ1v) is 13.3. The SMILES string of the molecule is CN=C(NCCCN1CCCCCC1)NCc1ccccc1S(=O)(=O)N1CCCCC1.I. The molecule has 2 fully saturated rings. The summed E-state index contributed by atoms with van der Waals surface area (Å²) in [6.45, 7) is 6.05. The second-order valence-electron chi connectivity index (χ2n) is 8.53. The maximum atomic E-state index is 13.2. The zero-order valence-electron chi connectivity index (χ0n) is 19.4. The molecule has 2 aliphatic rings. The Labute approximate surface area is 211 Å². The van der Waals surface area contributed by atoms with Crippen LogP contribution in [0, 0.1) is 0 Å². The van der Waals surface area contributed by atoms with Crippen LogP contribution in [0.2, 0.25) is 0 Å². The summed E-state index contributed by atoms with van der Waals surface area (Å²) in [6.07, 6.45) is 9.41. The van der Waals surface area contributed by atoms with Crippen molar-refractivity contribution in [3.63, 3.8) is 0 Å². The number of guanidine groups is 1. The number of benzene rings is 1. The fourth-order valence-electron chi connectivity index (χ4n) is 4.41. The smallest absolute Gasteiger partial charge is 0.243 e. The standard InChI is InChI=1S/C23H39N5O2S.HI/c1-24-23(25-14-11-17-27-15-7-2-3-8-16-27)26-20-21-12-5-6-13-22(21)31(29,30)28-18-9-4-10-19-28;/h5-6,12-13H,2-4,7-11,14-20H2,1H3,(H2,24,25,26);1H. The Balaban J connectivity index is 0.00000363. The molecule has 0 aliphatic carbocycles. The molecule has 2 heterocycles. The van der Waals surface area contributed by atoms with Crippen molar-refractivity contribution in [2.24, 2.45) is 4.99 Å². The van der Waals surface area contributed by atoms with Gasteiger partial charge in [-0.15, -0.1) is 24.0 Å². The third-order valence-corrected chi connectivity index (χ3v) is 8.22. The van der Waals surface area contributed by atoms with Crippen molar-refractivity contribution in [2.45, 2.75) is 62.8 Å². The molecule has 0 unspecified atom stereocenters. The van der Waals surface area contributed by atoms with Crippen LogP contribution in [0.3, 0.4) is 0 Å². The third kappa shape index (κ3) is 8.14. The van der Waals surface area contributed by atoms with E-state index in [-0.39, 0.29) is 24.0 Å². The molecule has 0 aromatic heterocycles. The number of hydrogen-bond donors (Lipinski definition) is 2. The normalized spacial score (nSPS) is 19.1. The van der Waals surface area contributed by atoms with Crippen LogP contribution in [0.1, 0.15) is 56.9 Å². The molecule has 1 aromatic carbocycles. The number of nitrogens with one attached hydrogen (secondary N) is 2. The van der Waals surface area contributed by atoms with Gasteiger partial charge in [0.15, 0.2) is 5.96 Å². The van der Waals surface area contributed by atoms with Crippen LogP contribution in [0.5, 0.6) is 0 Å². The van der Waals surface area contributed by atoms with Gasteiger partial charge in [0.25, 0.3) is 0 Å². The van der Waals surface area contributed by atoms with Crippen molar-refractivity contribution in [1.82, 2.24) is 19.8 Å². The molecule has 0 atom stereocenters. The highest BCUT2D eigenvalue weighted by atomic mass is 127. The van der Waals surface area contributed by atoms with E-state index in [0.717, 1.165) is 44.3 Å². The van der Waals surface area contributed by atoms with Crippen molar-refractivity contribution >= 4 is 40.0 Å². The highest BCUT2D eigenvalue weighted by Gasteiger charge is 2.27. The van der Waals surface area contributed by atoms with Crippen molar-refractivity contribution < 1.29 is 8.42 Å². The molecule has 0 bridgehead atoms. The Morgan fingerprint density at radius 2 is 1.56 bits per heavy atom. The molecule has 1 aromatic rings. The largest absolute Gasteiger partial charge is 0.356 e. The molecule has 9 heteroatoms. The molecular formula is C23H40IN5O2S. The van der Waals surface area contributed by atoms with Gasteiger partial charge >= 0.3 is 0 Å². The molecular weight excluding hydrogens is 537 g/mol. The van der Waals surface area contributed by atoms with Gasteiger partial charge in [0, 0.05) is 33.2 Å². The van der Waals surface area contributed by atoms with E-state index in [1.807, 2.05) is 12.1 Å². The predicted octanol–water partition coefficient (Wildman–Crippen LogP) is 3.41. The van der Waals surface area contributed by atoms with Crippen molar-refractivity contribution in [1.29, 1.82) is 0 Å². The monoisotopic (exact) mass is 577 g/mol. The van der Waals surface area contributed by atoms with Crippen molar-refractivity contribution in [3.8, 4) is 0 Å². The van der Waals surface area contributed by atoms with E-state index in [9.17, 15) is 8.42 Å². The zero-order valence-corrected chi connectivity index (χ0v) is 22.5. The van der Waals surface area contributed by atoms with E-state index in [1.54, 1.807) is 23.5 Å². The van der Waals surface area contributed by atoms with E-state index in [0.29, 0.717) is 30.5 Å². The van der Waals surface area contributed by atoms with Crippen LogP contribution < -0.4 is 10.6 Å². The molecule has 182 valence electrons. The van der Waals surface area contributed by atoms with Crippen LogP contribution in [-0.2, 0) is 16.6 Å². The Morgan fingerprint density at radius 3 is 2.25 bits per heavy atom. The summed E-state index contributed by atoms with van der Waals surface area (Å²) >= 11 is 0. The minimum Gasteiger partial charge on any atom is -0.356 e. The molecule has 0 amide bonds. The molecule has 2 aliphatic heterocycles. The van der Waals surface area contributed by atoms with E-state index in [4.69, 9.17) is 0 Å². The summed E-state index contributed by atoms with van der Waals surface area (Å²) < 4.78 is 27.9. The first-order chi connectivity index (χ1) is 15.1. The fraction of sp³-hybridized carbons (Fsp3) is 0.696. The number of rotatable bonds is 8. The molecule has 3 rings (SSSR count). The number of hydrogen-bond acceptors (Lipinski definition) is 4. The van der Waals surface area contributed by atoms with Gasteiger partial charge in [-0.3, -0.25) is 4.99 Å². The van der Waals surface area contributed by atoms with E-state index < -0.39 is 10.0 Å². The topological polar surface area (TPSA) is 77.0 Å². The van der Waals surface area contributed by atoms with Crippen LogP contribution in [0.15, 0.2) is 34.2 Å². The maximum Gasteiger partial charge on any atom is 0.243 e. The average Bonchev–Trinajstić information content (AvgIpc) is 3.08. The summed E-state index contributed by atoms with van der Waals surface area (Å²) in [4.78, 5) is 7.27. The van der Waals surface area contributed by atoms with E-state index in [2.05, 4.69) is 20.5 Å². The van der Waals surface area contributed by atoms with Gasteiger partial charge < -0.3 is 15.5 Å². The Hall–Kier alpha value is -0.910. The number of sulfonamides is 1. The van der Waals surface area contributed by atoms with Gasteiger partial charge in [-0.05, 0) is 63.4 Å². The van der Waals surface area contributed by atoms with Gasteiger partial charge in [0.2, 0.25) is 10.0 Å². The predicted molar refractivity (Wildman–Crippen MR) is 142 cm³/mol. The Kier molecular flexibility index (Phi) is 12.3. The van der Waals surface area contributed by atoms with Gasteiger partial charge in [0.1, 0.15) is 0 Å². The maximum absolute atomic E-state index is 13.2. The third-order valence-electron chi connectivity index (χ3n) is 6.22. The van der Waals surface area contributed by atoms with Crippen LogP contribution >= 0.6 is 24.0 Å². The summed E-state index contributed by atoms with van der Waals surface area (Å²) in [7, 11) is -1.71. The lowest BCUT2D eigenvalue weighted by Gasteiger charge is -2.27. The first-order valence-electron chi connectivity index (χ1n) is 11.9. The van der Waals surface area contributed by atoms with Gasteiger partial charge in [-0.2, -0.15) is 4.31 Å². The highest BCUT2D eigenvalue weighted by molar-refractivity contribution is 14.0. The van der Waals surface area contributed by atoms with Gasteiger partial charge in [0.05, 0.1) is 4.90 Å². The van der Waals surface area contributed by atoms with Crippen LogP contribution in [0.25, 0.3) is 0 Å². The van der Waals surface area contributed by atoms with Crippen molar-refractivity contribution in [2.75, 3.05) is 46.3 Å². The Morgan fingerprint density at radius 1 is 0.938 bits per heavy atom. The molecule has 2 N–H and O–H groups in total. The van der Waals surface area contributed by atoms with Gasteiger partial charge in [-0.1, -0.05) is 37.5 Å².